The monoisotopic (exact) mass is 452 g/mol. The van der Waals surface area contributed by atoms with Gasteiger partial charge in [0, 0.05) is 12.4 Å². The summed E-state index contributed by atoms with van der Waals surface area (Å²) < 4.78 is 4.62. The highest BCUT2D eigenvalue weighted by Gasteiger charge is 2.23. The van der Waals surface area contributed by atoms with Gasteiger partial charge in [-0.05, 0) is 30.4 Å². The third-order valence-corrected chi connectivity index (χ3v) is 8.65. The van der Waals surface area contributed by atoms with Crippen LogP contribution in [-0.4, -0.2) is 38.2 Å². The van der Waals surface area contributed by atoms with Gasteiger partial charge in [0.1, 0.15) is 0 Å². The molecule has 6 heteroatoms. The Bertz CT molecular complexity index is 739. The first-order chi connectivity index (χ1) is 14.7. The molecule has 0 unspecified atom stereocenters. The van der Waals surface area contributed by atoms with Gasteiger partial charge in [0.25, 0.3) is 0 Å². The SMILES string of the molecule is C[Si](C)(C)N(Cc1ccccc1)N=CCCCC=NN(Cc1ccccc1)[Si](C)(C)C. The van der Waals surface area contributed by atoms with Crippen LogP contribution in [0.2, 0.25) is 39.3 Å². The van der Waals surface area contributed by atoms with Gasteiger partial charge >= 0.3 is 0 Å². The molecule has 2 rings (SSSR count). The third-order valence-electron chi connectivity index (χ3n) is 5.01. The van der Waals surface area contributed by atoms with Gasteiger partial charge in [0.15, 0.2) is 16.5 Å². The molecule has 0 bridgehead atoms. The van der Waals surface area contributed by atoms with Gasteiger partial charge in [0.05, 0.1) is 13.1 Å². The normalized spacial score (nSPS) is 12.6. The maximum atomic E-state index is 4.84. The number of hydrogen-bond acceptors (Lipinski definition) is 4. The number of benzene rings is 2. The summed E-state index contributed by atoms with van der Waals surface area (Å²) in [6.45, 7) is 15.8. The Balaban J connectivity index is 1.83. The second kappa shape index (κ2) is 12.0. The zero-order valence-electron chi connectivity index (χ0n) is 20.3. The average Bonchev–Trinajstić information content (AvgIpc) is 2.71. The molecule has 2 aromatic rings. The van der Waals surface area contributed by atoms with Crippen molar-refractivity contribution in [2.45, 2.75) is 71.6 Å². The zero-order valence-corrected chi connectivity index (χ0v) is 22.3. The molecule has 2 aromatic carbocycles. The van der Waals surface area contributed by atoms with E-state index in [2.05, 4.69) is 122 Å². The molecule has 31 heavy (non-hydrogen) atoms. The van der Waals surface area contributed by atoms with Gasteiger partial charge in [-0.1, -0.05) is 99.9 Å². The van der Waals surface area contributed by atoms with E-state index >= 15 is 0 Å². The van der Waals surface area contributed by atoms with Gasteiger partial charge in [-0.15, -0.1) is 0 Å². The van der Waals surface area contributed by atoms with Gasteiger partial charge in [-0.2, -0.15) is 10.2 Å². The van der Waals surface area contributed by atoms with Crippen LogP contribution >= 0.6 is 0 Å². The van der Waals surface area contributed by atoms with Crippen LogP contribution < -0.4 is 0 Å². The van der Waals surface area contributed by atoms with Crippen molar-refractivity contribution in [2.75, 3.05) is 0 Å². The van der Waals surface area contributed by atoms with Gasteiger partial charge in [-0.3, -0.25) is 0 Å². The Hall–Kier alpha value is -2.19. The van der Waals surface area contributed by atoms with Gasteiger partial charge in [0.2, 0.25) is 0 Å². The van der Waals surface area contributed by atoms with E-state index in [-0.39, 0.29) is 0 Å². The van der Waals surface area contributed by atoms with Gasteiger partial charge < -0.3 is 9.35 Å². The van der Waals surface area contributed by atoms with E-state index in [9.17, 15) is 0 Å². The zero-order chi connectivity index (χ0) is 22.7. The first-order valence-corrected chi connectivity index (χ1v) is 18.2. The molecule has 0 amide bonds. The van der Waals surface area contributed by atoms with Crippen molar-refractivity contribution < 1.29 is 0 Å². The Morgan fingerprint density at radius 1 is 0.613 bits per heavy atom. The summed E-state index contributed by atoms with van der Waals surface area (Å²) in [6.07, 6.45) is 7.22. The van der Waals surface area contributed by atoms with E-state index in [1.165, 1.54) is 11.1 Å². The fraction of sp³-hybridized carbons (Fsp3) is 0.440. The molecule has 168 valence electrons. The molecule has 0 aliphatic carbocycles. The molecule has 0 heterocycles. The topological polar surface area (TPSA) is 31.2 Å². The lowest BCUT2D eigenvalue weighted by Gasteiger charge is -2.31. The standard InChI is InChI=1S/C25H40N4Si2/c1-30(2,3)28(22-24-16-10-7-11-17-24)26-20-14-9-15-21-27-29(31(4,5)6)23-25-18-12-8-13-19-25/h7-8,10-13,16-21H,9,14-15,22-23H2,1-6H3. The maximum Gasteiger partial charge on any atom is 0.169 e. The maximum absolute atomic E-state index is 4.84. The van der Waals surface area contributed by atoms with E-state index in [4.69, 9.17) is 10.2 Å². The number of rotatable bonds is 12. The Morgan fingerprint density at radius 2 is 0.968 bits per heavy atom. The molecule has 0 N–H and O–H groups in total. The molecular formula is C25H40N4Si2. The molecule has 4 nitrogen and oxygen atoms in total. The van der Waals surface area contributed by atoms with Crippen molar-refractivity contribution in [1.29, 1.82) is 0 Å². The number of hydrazone groups is 2. The quantitative estimate of drug-likeness (QED) is 0.153. The minimum absolute atomic E-state index is 0.888. The van der Waals surface area contributed by atoms with Crippen LogP contribution in [0, 0.1) is 0 Å². The van der Waals surface area contributed by atoms with Crippen molar-refractivity contribution in [3.05, 3.63) is 71.8 Å². The van der Waals surface area contributed by atoms with Crippen LogP contribution in [0.5, 0.6) is 0 Å². The van der Waals surface area contributed by atoms with Crippen LogP contribution in [0.1, 0.15) is 30.4 Å². The lowest BCUT2D eigenvalue weighted by Crippen LogP contribution is -2.41. The highest BCUT2D eigenvalue weighted by Crippen LogP contribution is 2.16. The summed E-state index contributed by atoms with van der Waals surface area (Å²) in [6, 6.07) is 21.2. The van der Waals surface area contributed by atoms with Crippen LogP contribution in [0.25, 0.3) is 0 Å². The highest BCUT2D eigenvalue weighted by molar-refractivity contribution is 6.73. The lowest BCUT2D eigenvalue weighted by atomic mass is 10.2. The largest absolute Gasteiger partial charge is 0.321 e. The van der Waals surface area contributed by atoms with E-state index in [0.29, 0.717) is 0 Å². The Morgan fingerprint density at radius 3 is 1.29 bits per heavy atom. The molecule has 0 aliphatic rings. The van der Waals surface area contributed by atoms with Crippen molar-refractivity contribution in [2.24, 2.45) is 10.2 Å². The fourth-order valence-corrected chi connectivity index (χ4v) is 5.20. The minimum atomic E-state index is -1.51. The Kier molecular flexibility index (Phi) is 9.71. The molecule has 0 aromatic heterocycles. The minimum Gasteiger partial charge on any atom is -0.321 e. The predicted molar refractivity (Wildman–Crippen MR) is 141 cm³/mol. The molecule has 0 spiro atoms. The first-order valence-electron chi connectivity index (χ1n) is 11.3. The molecule has 0 fully saturated rings. The molecule has 0 saturated carbocycles. The Labute approximate surface area is 191 Å². The van der Waals surface area contributed by atoms with E-state index in [1.54, 1.807) is 0 Å². The summed E-state index contributed by atoms with van der Waals surface area (Å²) in [4.78, 5) is 0. The van der Waals surface area contributed by atoms with Crippen LogP contribution in [-0.2, 0) is 13.1 Å². The summed E-state index contributed by atoms with van der Waals surface area (Å²) in [5.74, 6) is 0. The van der Waals surface area contributed by atoms with E-state index in [0.717, 1.165) is 32.4 Å². The fourth-order valence-electron chi connectivity index (χ4n) is 3.03. The third kappa shape index (κ3) is 9.65. The molecule has 0 radical (unpaired) electrons. The number of unbranched alkanes of at least 4 members (excludes halogenated alkanes) is 2. The first kappa shape index (κ1) is 25.1. The lowest BCUT2D eigenvalue weighted by molar-refractivity contribution is 0.443. The molecule has 0 atom stereocenters. The van der Waals surface area contributed by atoms with Crippen LogP contribution in [0.15, 0.2) is 70.9 Å². The summed E-state index contributed by atoms with van der Waals surface area (Å²) >= 11 is 0. The second-order valence-electron chi connectivity index (χ2n) is 9.96. The van der Waals surface area contributed by atoms with Crippen LogP contribution in [0.4, 0.5) is 0 Å². The summed E-state index contributed by atoms with van der Waals surface area (Å²) in [5, 5.41) is 9.68. The molecule has 0 saturated heterocycles. The van der Waals surface area contributed by atoms with Crippen molar-refractivity contribution in [1.82, 2.24) is 9.35 Å². The average molecular weight is 453 g/mol. The highest BCUT2D eigenvalue weighted by atomic mass is 28.3. The van der Waals surface area contributed by atoms with E-state index in [1.807, 2.05) is 0 Å². The summed E-state index contributed by atoms with van der Waals surface area (Å²) in [7, 11) is -3.02. The smallest absolute Gasteiger partial charge is 0.169 e. The molecular weight excluding hydrogens is 412 g/mol. The molecule has 0 aliphatic heterocycles. The van der Waals surface area contributed by atoms with Crippen molar-refractivity contribution >= 4 is 28.9 Å². The van der Waals surface area contributed by atoms with E-state index < -0.39 is 16.5 Å². The van der Waals surface area contributed by atoms with Crippen LogP contribution in [0.3, 0.4) is 0 Å². The number of nitrogens with zero attached hydrogens (tertiary/aromatic N) is 4. The van der Waals surface area contributed by atoms with Gasteiger partial charge in [-0.25, -0.2) is 0 Å². The summed E-state index contributed by atoms with van der Waals surface area (Å²) in [5.41, 5.74) is 2.64. The predicted octanol–water partition coefficient (Wildman–Crippen LogP) is 6.80. The van der Waals surface area contributed by atoms with Crippen molar-refractivity contribution in [3.8, 4) is 0 Å². The van der Waals surface area contributed by atoms with Crippen molar-refractivity contribution in [3.63, 3.8) is 0 Å². The second-order valence-corrected chi connectivity index (χ2v) is 19.7. The number of hydrogen-bond donors (Lipinski definition) is 0.